The van der Waals surface area contributed by atoms with E-state index < -0.39 is 0 Å². The molecule has 7 nitrogen and oxygen atoms in total. The van der Waals surface area contributed by atoms with Crippen molar-refractivity contribution in [2.45, 2.75) is 56.9 Å². The van der Waals surface area contributed by atoms with E-state index in [0.717, 1.165) is 23.8 Å². The topological polar surface area (TPSA) is 88.9 Å². The van der Waals surface area contributed by atoms with Gasteiger partial charge in [0.15, 0.2) is 0 Å². The van der Waals surface area contributed by atoms with Gasteiger partial charge in [-0.2, -0.15) is 0 Å². The SMILES string of the molecule is CCn1cnnc1CCNC(=O)c1ccccc1SCC(=O)NCC1CCCCC1. The van der Waals surface area contributed by atoms with E-state index in [4.69, 9.17) is 0 Å². The second kappa shape index (κ2) is 11.7. The molecule has 2 aromatic rings. The van der Waals surface area contributed by atoms with Crippen LogP contribution in [-0.4, -0.2) is 45.4 Å². The molecule has 2 amide bonds. The molecule has 1 heterocycles. The van der Waals surface area contributed by atoms with Crippen molar-refractivity contribution < 1.29 is 9.59 Å². The third kappa shape index (κ3) is 6.58. The predicted octanol–water partition coefficient (Wildman–Crippen LogP) is 3.06. The number of hydrogen-bond acceptors (Lipinski definition) is 5. The van der Waals surface area contributed by atoms with E-state index in [0.29, 0.717) is 30.2 Å². The Labute approximate surface area is 182 Å². The van der Waals surface area contributed by atoms with E-state index in [1.54, 1.807) is 12.4 Å². The van der Waals surface area contributed by atoms with Gasteiger partial charge in [0.1, 0.15) is 12.2 Å². The molecule has 8 heteroatoms. The summed E-state index contributed by atoms with van der Waals surface area (Å²) >= 11 is 1.41. The molecule has 1 aromatic heterocycles. The Morgan fingerprint density at radius 2 is 1.97 bits per heavy atom. The van der Waals surface area contributed by atoms with Gasteiger partial charge in [-0.1, -0.05) is 31.4 Å². The highest BCUT2D eigenvalue weighted by molar-refractivity contribution is 8.00. The Morgan fingerprint density at radius 1 is 1.17 bits per heavy atom. The first-order valence-corrected chi connectivity index (χ1v) is 11.8. The lowest BCUT2D eigenvalue weighted by molar-refractivity contribution is -0.118. The molecule has 0 aliphatic heterocycles. The summed E-state index contributed by atoms with van der Waals surface area (Å²) in [6.07, 6.45) is 8.61. The third-order valence-electron chi connectivity index (χ3n) is 5.47. The second-order valence-corrected chi connectivity index (χ2v) is 8.65. The standard InChI is InChI=1S/C22H31N5O2S/c1-2-27-16-25-26-20(27)12-13-23-22(29)18-10-6-7-11-19(18)30-15-21(28)24-14-17-8-4-3-5-9-17/h6-7,10-11,16-17H,2-5,8-9,12-15H2,1H3,(H,23,29)(H,24,28). The zero-order valence-electron chi connectivity index (χ0n) is 17.6. The van der Waals surface area contributed by atoms with Gasteiger partial charge < -0.3 is 15.2 Å². The summed E-state index contributed by atoms with van der Waals surface area (Å²) in [4.78, 5) is 25.7. The highest BCUT2D eigenvalue weighted by Crippen LogP contribution is 2.24. The number of benzene rings is 1. The maximum atomic E-state index is 12.7. The molecule has 3 rings (SSSR count). The number of amides is 2. The summed E-state index contributed by atoms with van der Waals surface area (Å²) in [5.41, 5.74) is 0.597. The molecule has 162 valence electrons. The molecule has 0 saturated heterocycles. The summed E-state index contributed by atoms with van der Waals surface area (Å²) < 4.78 is 1.96. The predicted molar refractivity (Wildman–Crippen MR) is 118 cm³/mol. The molecule has 0 atom stereocenters. The molecule has 30 heavy (non-hydrogen) atoms. The van der Waals surface area contributed by atoms with Crippen molar-refractivity contribution in [1.82, 2.24) is 25.4 Å². The largest absolute Gasteiger partial charge is 0.355 e. The summed E-state index contributed by atoms with van der Waals surface area (Å²) in [7, 11) is 0. The van der Waals surface area contributed by atoms with Crippen molar-refractivity contribution in [3.05, 3.63) is 42.0 Å². The monoisotopic (exact) mass is 429 g/mol. The van der Waals surface area contributed by atoms with Crippen molar-refractivity contribution in [3.8, 4) is 0 Å². The average Bonchev–Trinajstić information content (AvgIpc) is 3.24. The lowest BCUT2D eigenvalue weighted by Crippen LogP contribution is -2.31. The number of hydrogen-bond donors (Lipinski definition) is 2. The van der Waals surface area contributed by atoms with Gasteiger partial charge >= 0.3 is 0 Å². The molecule has 0 spiro atoms. The van der Waals surface area contributed by atoms with Crippen LogP contribution >= 0.6 is 11.8 Å². The summed E-state index contributed by atoms with van der Waals surface area (Å²) in [5.74, 6) is 1.68. The van der Waals surface area contributed by atoms with Crippen LogP contribution in [0.2, 0.25) is 0 Å². The van der Waals surface area contributed by atoms with Gasteiger partial charge in [-0.05, 0) is 37.8 Å². The Balaban J connectivity index is 1.45. The minimum absolute atomic E-state index is 0.0275. The number of carbonyl (C=O) groups is 2. The van der Waals surface area contributed by atoms with E-state index in [1.165, 1.54) is 43.9 Å². The van der Waals surface area contributed by atoms with Crippen LogP contribution in [0.5, 0.6) is 0 Å². The third-order valence-corrected chi connectivity index (χ3v) is 6.55. The number of nitrogens with zero attached hydrogens (tertiary/aromatic N) is 3. The van der Waals surface area contributed by atoms with Gasteiger partial charge in [0.05, 0.1) is 11.3 Å². The molecule has 2 N–H and O–H groups in total. The molecule has 0 unspecified atom stereocenters. The molecule has 0 bridgehead atoms. The summed E-state index contributed by atoms with van der Waals surface area (Å²) in [6, 6.07) is 7.42. The highest BCUT2D eigenvalue weighted by atomic mass is 32.2. The van der Waals surface area contributed by atoms with E-state index in [9.17, 15) is 9.59 Å². The number of nitrogens with one attached hydrogen (secondary N) is 2. The Morgan fingerprint density at radius 3 is 2.77 bits per heavy atom. The number of thioether (sulfide) groups is 1. The van der Waals surface area contributed by atoms with Crippen LogP contribution in [0.15, 0.2) is 35.5 Å². The Hall–Kier alpha value is -2.35. The zero-order chi connectivity index (χ0) is 21.2. The van der Waals surface area contributed by atoms with Crippen LogP contribution in [0.4, 0.5) is 0 Å². The zero-order valence-corrected chi connectivity index (χ0v) is 18.4. The van der Waals surface area contributed by atoms with E-state index in [-0.39, 0.29) is 11.8 Å². The van der Waals surface area contributed by atoms with Gasteiger partial charge in [-0.3, -0.25) is 9.59 Å². The number of rotatable bonds is 10. The number of aromatic nitrogens is 3. The van der Waals surface area contributed by atoms with Crippen LogP contribution < -0.4 is 10.6 Å². The molecule has 1 fully saturated rings. The smallest absolute Gasteiger partial charge is 0.252 e. The van der Waals surface area contributed by atoms with E-state index in [2.05, 4.69) is 20.8 Å². The van der Waals surface area contributed by atoms with Crippen molar-refractivity contribution in [2.24, 2.45) is 5.92 Å². The highest BCUT2D eigenvalue weighted by Gasteiger charge is 2.16. The lowest BCUT2D eigenvalue weighted by atomic mass is 9.89. The van der Waals surface area contributed by atoms with Crippen molar-refractivity contribution >= 4 is 23.6 Å². The van der Waals surface area contributed by atoms with Gasteiger partial charge in [-0.15, -0.1) is 22.0 Å². The molecule has 1 saturated carbocycles. The minimum atomic E-state index is -0.136. The number of carbonyl (C=O) groups excluding carboxylic acids is 2. The van der Waals surface area contributed by atoms with Crippen LogP contribution in [0.25, 0.3) is 0 Å². The molecule has 1 aliphatic rings. The second-order valence-electron chi connectivity index (χ2n) is 7.63. The lowest BCUT2D eigenvalue weighted by Gasteiger charge is -2.21. The van der Waals surface area contributed by atoms with Gasteiger partial charge in [-0.25, -0.2) is 0 Å². The van der Waals surface area contributed by atoms with Gasteiger partial charge in [0, 0.05) is 31.0 Å². The fraction of sp³-hybridized carbons (Fsp3) is 0.545. The van der Waals surface area contributed by atoms with Crippen LogP contribution in [0.1, 0.15) is 55.2 Å². The molecule has 1 aliphatic carbocycles. The van der Waals surface area contributed by atoms with E-state index >= 15 is 0 Å². The first kappa shape index (κ1) is 22.3. The molecule has 1 aromatic carbocycles. The molecular formula is C22H31N5O2S. The normalized spacial score (nSPS) is 14.4. The van der Waals surface area contributed by atoms with Crippen LogP contribution in [0, 0.1) is 5.92 Å². The number of aryl methyl sites for hydroxylation is 1. The van der Waals surface area contributed by atoms with E-state index in [1.807, 2.05) is 29.7 Å². The van der Waals surface area contributed by atoms with Crippen molar-refractivity contribution in [2.75, 3.05) is 18.8 Å². The quantitative estimate of drug-likeness (QED) is 0.567. The first-order valence-electron chi connectivity index (χ1n) is 10.8. The van der Waals surface area contributed by atoms with Crippen molar-refractivity contribution in [1.29, 1.82) is 0 Å². The first-order chi connectivity index (χ1) is 14.7. The fourth-order valence-corrected chi connectivity index (χ4v) is 4.62. The minimum Gasteiger partial charge on any atom is -0.355 e. The summed E-state index contributed by atoms with van der Waals surface area (Å²) in [5, 5.41) is 14.0. The van der Waals surface area contributed by atoms with Crippen LogP contribution in [-0.2, 0) is 17.8 Å². The maximum Gasteiger partial charge on any atom is 0.252 e. The molecular weight excluding hydrogens is 398 g/mol. The average molecular weight is 430 g/mol. The maximum absolute atomic E-state index is 12.7. The Kier molecular flexibility index (Phi) is 8.74. The van der Waals surface area contributed by atoms with Gasteiger partial charge in [0.25, 0.3) is 5.91 Å². The van der Waals surface area contributed by atoms with Crippen molar-refractivity contribution in [3.63, 3.8) is 0 Å². The van der Waals surface area contributed by atoms with Crippen LogP contribution in [0.3, 0.4) is 0 Å². The Bertz CT molecular complexity index is 832. The fourth-order valence-electron chi connectivity index (χ4n) is 3.74. The molecule has 0 radical (unpaired) electrons. The van der Waals surface area contributed by atoms with Gasteiger partial charge in [0.2, 0.25) is 5.91 Å². The summed E-state index contributed by atoms with van der Waals surface area (Å²) in [6.45, 7) is 4.09.